The number of aromatic carboxylic acids is 1. The van der Waals surface area contributed by atoms with E-state index in [0.717, 1.165) is 61.9 Å². The van der Waals surface area contributed by atoms with Gasteiger partial charge in [-0.05, 0) is 61.2 Å². The number of aryl methyl sites for hydroxylation is 1. The molecule has 0 radical (unpaired) electrons. The van der Waals surface area contributed by atoms with Gasteiger partial charge in [0.25, 0.3) is 0 Å². The van der Waals surface area contributed by atoms with E-state index >= 15 is 0 Å². The molecule has 2 saturated heterocycles. The molecule has 2 aromatic carbocycles. The normalized spacial score (nSPS) is 20.9. The zero-order valence-corrected chi connectivity index (χ0v) is 22.2. The number of rotatable bonds is 8. The minimum atomic E-state index is -0.945. The van der Waals surface area contributed by atoms with Crippen molar-refractivity contribution in [3.8, 4) is 6.07 Å². The Balaban J connectivity index is 1.07. The van der Waals surface area contributed by atoms with Gasteiger partial charge < -0.3 is 19.3 Å². The molecule has 4 heterocycles. The van der Waals surface area contributed by atoms with Crippen molar-refractivity contribution < 1.29 is 19.0 Å². The summed E-state index contributed by atoms with van der Waals surface area (Å²) < 4.78 is 22.0. The standard InChI is InChI=1S/C30H31FN6O3/c31-25-15-20(17-32)1-2-21(25)3-5-23-6-8-28(33-23)36-12-10-35(11-13-36)19-29-34-26-7-4-22(30(38)39)16-27(26)37(29)18-24-9-14-40-24/h1-2,4,6-8,15-16,23-24H,3,5,9-14,18-19H2,(H,38,39)/t23?,24-/m0/s1. The number of carboxylic acid groups (broad SMARTS) is 1. The van der Waals surface area contributed by atoms with Gasteiger partial charge in [0.05, 0.1) is 53.5 Å². The number of hydrogen-bond acceptors (Lipinski definition) is 7. The molecule has 0 aliphatic carbocycles. The summed E-state index contributed by atoms with van der Waals surface area (Å²) in [6.45, 7) is 5.52. The number of fused-ring (bicyclic) bond motifs is 1. The highest BCUT2D eigenvalue weighted by molar-refractivity contribution is 5.95. The molecule has 1 N–H and O–H groups in total. The Labute approximate surface area is 231 Å². The number of amidine groups is 1. The Bertz CT molecular complexity index is 1530. The van der Waals surface area contributed by atoms with Crippen LogP contribution in [-0.4, -0.2) is 81.2 Å². The van der Waals surface area contributed by atoms with Crippen molar-refractivity contribution in [2.45, 2.75) is 44.5 Å². The van der Waals surface area contributed by atoms with Gasteiger partial charge in [-0.3, -0.25) is 9.89 Å². The van der Waals surface area contributed by atoms with Crippen LogP contribution in [0.4, 0.5) is 4.39 Å². The monoisotopic (exact) mass is 542 g/mol. The van der Waals surface area contributed by atoms with Crippen molar-refractivity contribution >= 4 is 22.8 Å². The van der Waals surface area contributed by atoms with E-state index in [-0.39, 0.29) is 23.5 Å². The van der Waals surface area contributed by atoms with Crippen LogP contribution in [0.25, 0.3) is 11.0 Å². The van der Waals surface area contributed by atoms with Gasteiger partial charge in [0.2, 0.25) is 0 Å². The van der Waals surface area contributed by atoms with Gasteiger partial charge in [-0.25, -0.2) is 14.2 Å². The van der Waals surface area contributed by atoms with Crippen LogP contribution >= 0.6 is 0 Å². The summed E-state index contributed by atoms with van der Waals surface area (Å²) in [7, 11) is 0. The molecule has 6 rings (SSSR count). The molecule has 1 aromatic heterocycles. The van der Waals surface area contributed by atoms with Gasteiger partial charge in [-0.15, -0.1) is 0 Å². The van der Waals surface area contributed by atoms with Gasteiger partial charge in [-0.1, -0.05) is 12.1 Å². The highest BCUT2D eigenvalue weighted by Crippen LogP contribution is 2.24. The van der Waals surface area contributed by atoms with Crippen molar-refractivity contribution in [2.24, 2.45) is 4.99 Å². The summed E-state index contributed by atoms with van der Waals surface area (Å²) in [5.41, 5.74) is 2.84. The molecular formula is C30H31FN6O3. The Morgan fingerprint density at radius 2 is 2.00 bits per heavy atom. The second kappa shape index (κ2) is 11.2. The van der Waals surface area contributed by atoms with Crippen molar-refractivity contribution in [1.29, 1.82) is 5.26 Å². The molecule has 0 amide bonds. The van der Waals surface area contributed by atoms with Gasteiger partial charge in [0.1, 0.15) is 17.5 Å². The summed E-state index contributed by atoms with van der Waals surface area (Å²) in [5, 5.41) is 18.4. The maximum absolute atomic E-state index is 14.2. The lowest BCUT2D eigenvalue weighted by Crippen LogP contribution is -2.48. The molecule has 3 aliphatic rings. The number of aliphatic imine (C=N–C) groups is 1. The van der Waals surface area contributed by atoms with Crippen molar-refractivity contribution in [1.82, 2.24) is 19.4 Å². The van der Waals surface area contributed by atoms with Crippen molar-refractivity contribution in [3.63, 3.8) is 0 Å². The van der Waals surface area contributed by atoms with Crippen LogP contribution in [-0.2, 0) is 24.2 Å². The van der Waals surface area contributed by atoms with E-state index in [1.807, 2.05) is 6.07 Å². The largest absolute Gasteiger partial charge is 0.478 e. The zero-order chi connectivity index (χ0) is 27.6. The number of carbonyl (C=O) groups is 1. The van der Waals surface area contributed by atoms with Crippen LogP contribution in [0.2, 0.25) is 0 Å². The van der Waals surface area contributed by atoms with Crippen LogP contribution in [0.1, 0.15) is 40.2 Å². The molecule has 206 valence electrons. The highest BCUT2D eigenvalue weighted by atomic mass is 19.1. The third-order valence-corrected chi connectivity index (χ3v) is 7.97. The van der Waals surface area contributed by atoms with Gasteiger partial charge in [-0.2, -0.15) is 5.26 Å². The molecule has 0 saturated carbocycles. The number of nitrogens with zero attached hydrogens (tertiary/aromatic N) is 6. The molecule has 3 aromatic rings. The first-order chi connectivity index (χ1) is 19.5. The number of halogens is 1. The Morgan fingerprint density at radius 1 is 1.18 bits per heavy atom. The van der Waals surface area contributed by atoms with E-state index in [1.165, 1.54) is 6.07 Å². The fourth-order valence-corrected chi connectivity index (χ4v) is 5.52. The van der Waals surface area contributed by atoms with Crippen LogP contribution < -0.4 is 0 Å². The lowest BCUT2D eigenvalue weighted by atomic mass is 10.0. The molecule has 0 spiro atoms. The lowest BCUT2D eigenvalue weighted by Gasteiger charge is -2.35. The highest BCUT2D eigenvalue weighted by Gasteiger charge is 2.26. The molecule has 10 heteroatoms. The molecule has 2 atom stereocenters. The van der Waals surface area contributed by atoms with E-state index in [9.17, 15) is 14.3 Å². The molecule has 1 unspecified atom stereocenters. The van der Waals surface area contributed by atoms with Crippen molar-refractivity contribution in [2.75, 3.05) is 32.8 Å². The summed E-state index contributed by atoms with van der Waals surface area (Å²) in [4.78, 5) is 26.0. The van der Waals surface area contributed by atoms with E-state index in [1.54, 1.807) is 30.3 Å². The predicted octanol–water partition coefficient (Wildman–Crippen LogP) is 3.62. The average Bonchev–Trinajstić information content (AvgIpc) is 3.54. The van der Waals surface area contributed by atoms with E-state index in [4.69, 9.17) is 20.0 Å². The number of carboxylic acids is 1. The molecule has 0 bridgehead atoms. The molecule has 3 aliphatic heterocycles. The number of imidazole rings is 1. The van der Waals surface area contributed by atoms with Gasteiger partial charge in [0, 0.05) is 32.8 Å². The summed E-state index contributed by atoms with van der Waals surface area (Å²) >= 11 is 0. The predicted molar refractivity (Wildman–Crippen MR) is 148 cm³/mol. The number of benzene rings is 2. The first-order valence-corrected chi connectivity index (χ1v) is 13.7. The third kappa shape index (κ3) is 5.48. The molecular weight excluding hydrogens is 511 g/mol. The van der Waals surface area contributed by atoms with Crippen LogP contribution in [0.5, 0.6) is 0 Å². The van der Waals surface area contributed by atoms with E-state index in [0.29, 0.717) is 37.1 Å². The second-order valence-electron chi connectivity index (χ2n) is 10.6. The first-order valence-electron chi connectivity index (χ1n) is 13.7. The fraction of sp³-hybridized carbons (Fsp3) is 0.400. The second-order valence-corrected chi connectivity index (χ2v) is 10.6. The van der Waals surface area contributed by atoms with Crippen molar-refractivity contribution in [3.05, 3.63) is 76.9 Å². The quantitative estimate of drug-likeness (QED) is 0.463. The Hall–Kier alpha value is -4.07. The zero-order valence-electron chi connectivity index (χ0n) is 22.2. The van der Waals surface area contributed by atoms with E-state index in [2.05, 4.69) is 26.5 Å². The smallest absolute Gasteiger partial charge is 0.335 e. The Kier molecular flexibility index (Phi) is 7.32. The third-order valence-electron chi connectivity index (χ3n) is 7.97. The maximum atomic E-state index is 14.2. The Morgan fingerprint density at radius 3 is 2.70 bits per heavy atom. The summed E-state index contributed by atoms with van der Waals surface area (Å²) in [6, 6.07) is 11.7. The minimum Gasteiger partial charge on any atom is -0.478 e. The topological polar surface area (TPSA) is 107 Å². The fourth-order valence-electron chi connectivity index (χ4n) is 5.52. The first kappa shape index (κ1) is 26.2. The van der Waals surface area contributed by atoms with Gasteiger partial charge >= 0.3 is 5.97 Å². The molecule has 9 nitrogen and oxygen atoms in total. The van der Waals surface area contributed by atoms with Crippen LogP contribution in [0.15, 0.2) is 53.5 Å². The minimum absolute atomic E-state index is 0.0207. The molecule has 40 heavy (non-hydrogen) atoms. The van der Waals surface area contributed by atoms with Crippen LogP contribution in [0.3, 0.4) is 0 Å². The van der Waals surface area contributed by atoms with Crippen LogP contribution in [0, 0.1) is 17.1 Å². The number of ether oxygens (including phenoxy) is 1. The maximum Gasteiger partial charge on any atom is 0.335 e. The average molecular weight is 543 g/mol. The number of hydrogen-bond donors (Lipinski definition) is 1. The number of piperazine rings is 1. The SMILES string of the molecule is N#Cc1ccc(CCC2C=CC(N3CCN(Cc4nc5ccc(C(=O)O)cc5n4C[C@@H]4CCO4)CC3)=N2)c(F)c1. The van der Waals surface area contributed by atoms with Gasteiger partial charge in [0.15, 0.2) is 0 Å². The number of aromatic nitrogens is 2. The number of nitriles is 1. The molecule has 2 fully saturated rings. The lowest BCUT2D eigenvalue weighted by molar-refractivity contribution is -0.0592. The summed E-state index contributed by atoms with van der Waals surface area (Å²) in [5.74, 6) is 0.618. The van der Waals surface area contributed by atoms with E-state index < -0.39 is 5.97 Å². The summed E-state index contributed by atoms with van der Waals surface area (Å²) in [6.07, 6.45) is 6.56.